The summed E-state index contributed by atoms with van der Waals surface area (Å²) in [6.45, 7) is 1.34. The third-order valence-corrected chi connectivity index (χ3v) is 3.50. The molecule has 0 atom stereocenters. The Kier molecular flexibility index (Phi) is 6.24. The zero-order valence-corrected chi connectivity index (χ0v) is 13.6. The lowest BCUT2D eigenvalue weighted by Crippen LogP contribution is -2.16. The molecule has 0 saturated carbocycles. The number of nitrogens with one attached hydrogen (secondary N) is 2. The molecular weight excluding hydrogens is 324 g/mol. The summed E-state index contributed by atoms with van der Waals surface area (Å²) in [5.74, 6) is -0.745. The van der Waals surface area contributed by atoms with Crippen LogP contribution in [0.5, 0.6) is 0 Å². The van der Waals surface area contributed by atoms with E-state index in [1.54, 1.807) is 18.5 Å². The maximum absolute atomic E-state index is 11.7. The number of anilines is 2. The number of rotatable bonds is 9. The maximum atomic E-state index is 11.7. The predicted molar refractivity (Wildman–Crippen MR) is 95.3 cm³/mol. The number of amides is 1. The normalized spacial score (nSPS) is 10.3. The third kappa shape index (κ3) is 4.88. The lowest BCUT2D eigenvalue weighted by Gasteiger charge is -2.14. The molecule has 1 aromatic heterocycles. The van der Waals surface area contributed by atoms with E-state index in [1.165, 1.54) is 12.1 Å². The zero-order valence-electron chi connectivity index (χ0n) is 13.6. The van der Waals surface area contributed by atoms with Gasteiger partial charge < -0.3 is 22.1 Å². The van der Waals surface area contributed by atoms with Crippen molar-refractivity contribution in [3.05, 3.63) is 57.9 Å². The van der Waals surface area contributed by atoms with Gasteiger partial charge >= 0.3 is 0 Å². The highest BCUT2D eigenvalue weighted by Gasteiger charge is 2.20. The number of benzene rings is 1. The molecular formula is C16H20N6O3. The van der Waals surface area contributed by atoms with Crippen molar-refractivity contribution in [2.24, 2.45) is 11.5 Å². The molecule has 0 aliphatic rings. The van der Waals surface area contributed by atoms with Crippen LogP contribution in [0.2, 0.25) is 0 Å². The molecule has 0 radical (unpaired) electrons. The molecule has 132 valence electrons. The van der Waals surface area contributed by atoms with E-state index in [0.29, 0.717) is 37.4 Å². The molecule has 0 fully saturated rings. The molecule has 6 N–H and O–H groups in total. The quantitative estimate of drug-likeness (QED) is 0.305. The molecule has 2 aromatic rings. The van der Waals surface area contributed by atoms with E-state index in [1.807, 2.05) is 6.07 Å². The average molecular weight is 344 g/mol. The van der Waals surface area contributed by atoms with Crippen molar-refractivity contribution < 1.29 is 9.72 Å². The number of pyridine rings is 1. The predicted octanol–water partition coefficient (Wildman–Crippen LogP) is 1.46. The van der Waals surface area contributed by atoms with Crippen LogP contribution in [0.1, 0.15) is 22.3 Å². The molecule has 9 heteroatoms. The first kappa shape index (κ1) is 18.1. The highest BCUT2D eigenvalue weighted by atomic mass is 16.6. The Labute approximate surface area is 144 Å². The van der Waals surface area contributed by atoms with Crippen LogP contribution < -0.4 is 22.1 Å². The lowest BCUT2D eigenvalue weighted by atomic mass is 10.1. The summed E-state index contributed by atoms with van der Waals surface area (Å²) in [4.78, 5) is 26.4. The van der Waals surface area contributed by atoms with Crippen LogP contribution in [0.3, 0.4) is 0 Å². The van der Waals surface area contributed by atoms with Crippen molar-refractivity contribution in [2.75, 3.05) is 23.7 Å². The van der Waals surface area contributed by atoms with Crippen molar-refractivity contribution in [3.63, 3.8) is 0 Å². The van der Waals surface area contributed by atoms with E-state index >= 15 is 0 Å². The Morgan fingerprint density at radius 3 is 2.68 bits per heavy atom. The van der Waals surface area contributed by atoms with Crippen molar-refractivity contribution in [3.8, 4) is 0 Å². The Bertz CT molecular complexity index is 751. The van der Waals surface area contributed by atoms with Gasteiger partial charge in [-0.15, -0.1) is 0 Å². The number of nitro groups is 1. The van der Waals surface area contributed by atoms with E-state index in [9.17, 15) is 14.9 Å². The second kappa shape index (κ2) is 8.60. The first-order chi connectivity index (χ1) is 12.0. The number of hydrogen-bond acceptors (Lipinski definition) is 7. The van der Waals surface area contributed by atoms with E-state index in [2.05, 4.69) is 15.6 Å². The zero-order chi connectivity index (χ0) is 18.2. The van der Waals surface area contributed by atoms with Crippen molar-refractivity contribution in [2.45, 2.75) is 13.0 Å². The molecule has 1 heterocycles. The first-order valence-corrected chi connectivity index (χ1v) is 7.72. The van der Waals surface area contributed by atoms with Gasteiger partial charge in [0.2, 0.25) is 0 Å². The number of carbonyl (C=O) groups excluding carboxylic acids is 1. The molecule has 0 saturated heterocycles. The van der Waals surface area contributed by atoms with Crippen LogP contribution in [-0.2, 0) is 6.54 Å². The van der Waals surface area contributed by atoms with Crippen LogP contribution >= 0.6 is 0 Å². The van der Waals surface area contributed by atoms with Crippen LogP contribution in [-0.4, -0.2) is 28.9 Å². The molecule has 0 unspecified atom stereocenters. The van der Waals surface area contributed by atoms with E-state index < -0.39 is 10.8 Å². The van der Waals surface area contributed by atoms with Crippen LogP contribution in [0, 0.1) is 10.1 Å². The fourth-order valence-electron chi connectivity index (χ4n) is 2.26. The standard InChI is InChI=1S/C16H20N6O3/c17-4-2-6-20-14-8-13(21-10-11-3-1-5-19-9-11)12(16(18)23)7-15(14)22(24)25/h1,3,5,7-9,20-21H,2,4,6,10,17H2,(H2,18,23). The lowest BCUT2D eigenvalue weighted by molar-refractivity contribution is -0.384. The number of nitrogens with zero attached hydrogens (tertiary/aromatic N) is 2. The Morgan fingerprint density at radius 1 is 1.28 bits per heavy atom. The molecule has 0 aliphatic carbocycles. The van der Waals surface area contributed by atoms with Gasteiger partial charge in [0, 0.05) is 37.2 Å². The molecule has 0 aliphatic heterocycles. The third-order valence-electron chi connectivity index (χ3n) is 3.50. The SMILES string of the molecule is NCCCNc1cc(NCc2cccnc2)c(C(N)=O)cc1[N+](=O)[O-]. The van der Waals surface area contributed by atoms with Crippen molar-refractivity contribution >= 4 is 23.0 Å². The fraction of sp³-hybridized carbons (Fsp3) is 0.250. The van der Waals surface area contributed by atoms with Crippen molar-refractivity contribution in [1.29, 1.82) is 0 Å². The Hall–Kier alpha value is -3.20. The van der Waals surface area contributed by atoms with Crippen LogP contribution in [0.25, 0.3) is 0 Å². The minimum atomic E-state index is -0.745. The number of hydrogen-bond donors (Lipinski definition) is 4. The van der Waals surface area contributed by atoms with E-state index in [0.717, 1.165) is 5.56 Å². The van der Waals surface area contributed by atoms with E-state index in [4.69, 9.17) is 11.5 Å². The van der Waals surface area contributed by atoms with Crippen molar-refractivity contribution in [1.82, 2.24) is 4.98 Å². The van der Waals surface area contributed by atoms with E-state index in [-0.39, 0.29) is 11.3 Å². The molecule has 1 aromatic carbocycles. The van der Waals surface area contributed by atoms with Crippen LogP contribution in [0.15, 0.2) is 36.7 Å². The summed E-state index contributed by atoms with van der Waals surface area (Å²) in [7, 11) is 0. The molecule has 2 rings (SSSR count). The molecule has 1 amide bonds. The Balaban J connectivity index is 2.32. The fourth-order valence-corrected chi connectivity index (χ4v) is 2.26. The van der Waals surface area contributed by atoms with Gasteiger partial charge in [-0.1, -0.05) is 6.07 Å². The average Bonchev–Trinajstić information content (AvgIpc) is 2.60. The van der Waals surface area contributed by atoms with Gasteiger partial charge in [0.15, 0.2) is 0 Å². The van der Waals surface area contributed by atoms with Gasteiger partial charge in [0.1, 0.15) is 5.69 Å². The minimum Gasteiger partial charge on any atom is -0.380 e. The summed E-state index contributed by atoms with van der Waals surface area (Å²) < 4.78 is 0. The summed E-state index contributed by atoms with van der Waals surface area (Å²) in [6, 6.07) is 6.36. The maximum Gasteiger partial charge on any atom is 0.293 e. The smallest absolute Gasteiger partial charge is 0.293 e. The topological polar surface area (TPSA) is 149 Å². The van der Waals surface area contributed by atoms with Crippen LogP contribution in [0.4, 0.5) is 17.1 Å². The van der Waals surface area contributed by atoms with Gasteiger partial charge in [-0.25, -0.2) is 0 Å². The second-order valence-electron chi connectivity index (χ2n) is 5.32. The highest BCUT2D eigenvalue weighted by molar-refractivity contribution is 6.00. The number of primary amides is 1. The molecule has 9 nitrogen and oxygen atoms in total. The molecule has 0 spiro atoms. The van der Waals surface area contributed by atoms with Gasteiger partial charge in [-0.3, -0.25) is 19.9 Å². The summed E-state index contributed by atoms with van der Waals surface area (Å²) in [5.41, 5.74) is 12.3. The number of aromatic nitrogens is 1. The van der Waals surface area contributed by atoms with Gasteiger partial charge in [0.25, 0.3) is 11.6 Å². The largest absolute Gasteiger partial charge is 0.380 e. The molecule has 25 heavy (non-hydrogen) atoms. The summed E-state index contributed by atoms with van der Waals surface area (Å²) in [5, 5.41) is 17.3. The number of nitrogens with two attached hydrogens (primary N) is 2. The highest BCUT2D eigenvalue weighted by Crippen LogP contribution is 2.31. The van der Waals surface area contributed by atoms with Gasteiger partial charge in [-0.2, -0.15) is 0 Å². The number of carbonyl (C=O) groups is 1. The second-order valence-corrected chi connectivity index (χ2v) is 5.32. The summed E-state index contributed by atoms with van der Waals surface area (Å²) in [6.07, 6.45) is 4.00. The Morgan fingerprint density at radius 2 is 2.08 bits per heavy atom. The first-order valence-electron chi connectivity index (χ1n) is 7.72. The monoisotopic (exact) mass is 344 g/mol. The van der Waals surface area contributed by atoms with Gasteiger partial charge in [0.05, 0.1) is 10.5 Å². The number of nitro benzene ring substituents is 1. The summed E-state index contributed by atoms with van der Waals surface area (Å²) >= 11 is 0. The molecule has 0 bridgehead atoms. The minimum absolute atomic E-state index is 0.0555. The van der Waals surface area contributed by atoms with Gasteiger partial charge in [-0.05, 0) is 30.7 Å².